The van der Waals surface area contributed by atoms with Gasteiger partial charge in [-0.05, 0) is 11.5 Å². The monoisotopic (exact) mass is 170 g/mol. The van der Waals surface area contributed by atoms with E-state index in [1.54, 1.807) is 0 Å². The van der Waals surface area contributed by atoms with E-state index in [0.717, 1.165) is 0 Å². The summed E-state index contributed by atoms with van der Waals surface area (Å²) < 4.78 is 0. The predicted molar refractivity (Wildman–Crippen MR) is 50.6 cm³/mol. The molecule has 12 heavy (non-hydrogen) atoms. The zero-order valence-corrected chi connectivity index (χ0v) is 8.05. The molecule has 0 saturated heterocycles. The van der Waals surface area contributed by atoms with Crippen LogP contribution in [0.25, 0.3) is 0 Å². The molecule has 70 valence electrons. The summed E-state index contributed by atoms with van der Waals surface area (Å²) in [5, 5.41) is 2.77. The summed E-state index contributed by atoms with van der Waals surface area (Å²) in [6.45, 7) is 9.93. The van der Waals surface area contributed by atoms with Crippen molar-refractivity contribution in [1.29, 1.82) is 0 Å². The van der Waals surface area contributed by atoms with Gasteiger partial charge in [0.25, 0.3) is 0 Å². The van der Waals surface area contributed by atoms with E-state index in [1.807, 2.05) is 20.8 Å². The minimum absolute atomic E-state index is 0.00278. The van der Waals surface area contributed by atoms with Crippen LogP contribution < -0.4 is 11.1 Å². The van der Waals surface area contributed by atoms with Gasteiger partial charge in [0.05, 0.1) is 0 Å². The Labute approximate surface area is 74.0 Å². The van der Waals surface area contributed by atoms with Gasteiger partial charge in [0.1, 0.15) is 0 Å². The summed E-state index contributed by atoms with van der Waals surface area (Å²) in [6.07, 6.45) is 1.26. The minimum atomic E-state index is -0.166. The summed E-state index contributed by atoms with van der Waals surface area (Å²) in [7, 11) is 0. The molecule has 0 aliphatic heterocycles. The summed E-state index contributed by atoms with van der Waals surface area (Å²) in [4.78, 5) is 10.9. The molecule has 0 saturated carbocycles. The standard InChI is InChI=1S/C9H18N2O/c1-5-8(12)11-7(6-10)9(2,3)4/h5,7H,1,6,10H2,2-4H3,(H,11,12). The van der Waals surface area contributed by atoms with Crippen LogP contribution in [0, 0.1) is 5.41 Å². The zero-order valence-electron chi connectivity index (χ0n) is 8.05. The number of rotatable bonds is 3. The van der Waals surface area contributed by atoms with E-state index >= 15 is 0 Å². The first kappa shape index (κ1) is 11.2. The molecule has 0 aromatic heterocycles. The third kappa shape index (κ3) is 3.53. The van der Waals surface area contributed by atoms with Crippen LogP contribution in [0.5, 0.6) is 0 Å². The van der Waals surface area contributed by atoms with Crippen molar-refractivity contribution >= 4 is 5.91 Å². The fourth-order valence-corrected chi connectivity index (χ4v) is 0.860. The molecule has 0 aliphatic rings. The van der Waals surface area contributed by atoms with Crippen molar-refractivity contribution in [1.82, 2.24) is 5.32 Å². The van der Waals surface area contributed by atoms with Gasteiger partial charge >= 0.3 is 0 Å². The molecule has 0 rings (SSSR count). The number of hydrogen-bond donors (Lipinski definition) is 2. The van der Waals surface area contributed by atoms with Crippen molar-refractivity contribution in [2.45, 2.75) is 26.8 Å². The highest BCUT2D eigenvalue weighted by Crippen LogP contribution is 2.17. The first-order chi connectivity index (χ1) is 5.41. The van der Waals surface area contributed by atoms with E-state index in [9.17, 15) is 4.79 Å². The van der Waals surface area contributed by atoms with Crippen LogP contribution in [0.3, 0.4) is 0 Å². The Morgan fingerprint density at radius 2 is 2.17 bits per heavy atom. The van der Waals surface area contributed by atoms with E-state index in [-0.39, 0.29) is 17.4 Å². The van der Waals surface area contributed by atoms with E-state index in [1.165, 1.54) is 6.08 Å². The molecule has 0 spiro atoms. The molecular formula is C9H18N2O. The highest BCUT2D eigenvalue weighted by atomic mass is 16.1. The average Bonchev–Trinajstić information content (AvgIpc) is 1.97. The Bertz CT molecular complexity index is 170. The van der Waals surface area contributed by atoms with Gasteiger partial charge < -0.3 is 11.1 Å². The number of nitrogens with one attached hydrogen (secondary N) is 1. The third-order valence-corrected chi connectivity index (χ3v) is 1.78. The maximum Gasteiger partial charge on any atom is 0.243 e. The highest BCUT2D eigenvalue weighted by Gasteiger charge is 2.23. The van der Waals surface area contributed by atoms with Gasteiger partial charge in [-0.1, -0.05) is 27.4 Å². The van der Waals surface area contributed by atoms with Gasteiger partial charge in [-0.15, -0.1) is 0 Å². The summed E-state index contributed by atoms with van der Waals surface area (Å²) in [5.74, 6) is -0.166. The second-order valence-electron chi connectivity index (χ2n) is 3.87. The van der Waals surface area contributed by atoms with Crippen molar-refractivity contribution < 1.29 is 4.79 Å². The first-order valence-electron chi connectivity index (χ1n) is 4.04. The van der Waals surface area contributed by atoms with Gasteiger partial charge in [0.2, 0.25) is 5.91 Å². The number of carbonyl (C=O) groups is 1. The predicted octanol–water partition coefficient (Wildman–Crippen LogP) is 0.662. The summed E-state index contributed by atoms with van der Waals surface area (Å²) in [6, 6.07) is 0.00278. The van der Waals surface area contributed by atoms with E-state index < -0.39 is 0 Å². The highest BCUT2D eigenvalue weighted by molar-refractivity contribution is 5.87. The molecule has 0 fully saturated rings. The van der Waals surface area contributed by atoms with Crippen LogP contribution in [0.4, 0.5) is 0 Å². The lowest BCUT2D eigenvalue weighted by atomic mass is 9.87. The Balaban J connectivity index is 4.18. The van der Waals surface area contributed by atoms with Crippen LogP contribution >= 0.6 is 0 Å². The zero-order chi connectivity index (χ0) is 9.78. The van der Waals surface area contributed by atoms with Crippen LogP contribution in [0.1, 0.15) is 20.8 Å². The van der Waals surface area contributed by atoms with Crippen LogP contribution in [0.15, 0.2) is 12.7 Å². The van der Waals surface area contributed by atoms with E-state index in [4.69, 9.17) is 5.73 Å². The van der Waals surface area contributed by atoms with Crippen molar-refractivity contribution in [3.05, 3.63) is 12.7 Å². The average molecular weight is 170 g/mol. The Morgan fingerprint density at radius 1 is 1.67 bits per heavy atom. The molecule has 1 amide bonds. The topological polar surface area (TPSA) is 55.1 Å². The smallest absolute Gasteiger partial charge is 0.243 e. The van der Waals surface area contributed by atoms with Crippen LogP contribution in [-0.2, 0) is 4.79 Å². The van der Waals surface area contributed by atoms with Crippen molar-refractivity contribution in [3.8, 4) is 0 Å². The lowest BCUT2D eigenvalue weighted by Crippen LogP contribution is -2.47. The molecule has 0 bridgehead atoms. The fraction of sp³-hybridized carbons (Fsp3) is 0.667. The number of carbonyl (C=O) groups excluding carboxylic acids is 1. The fourth-order valence-electron chi connectivity index (χ4n) is 0.860. The summed E-state index contributed by atoms with van der Waals surface area (Å²) >= 11 is 0. The van der Waals surface area contributed by atoms with Gasteiger partial charge in [0.15, 0.2) is 0 Å². The van der Waals surface area contributed by atoms with Crippen molar-refractivity contribution in [2.24, 2.45) is 11.1 Å². The Morgan fingerprint density at radius 3 is 2.42 bits per heavy atom. The maximum absolute atomic E-state index is 10.9. The molecule has 1 atom stereocenters. The maximum atomic E-state index is 10.9. The molecule has 0 heterocycles. The molecule has 0 radical (unpaired) electrons. The lowest BCUT2D eigenvalue weighted by molar-refractivity contribution is -0.117. The molecule has 3 heteroatoms. The third-order valence-electron chi connectivity index (χ3n) is 1.78. The van der Waals surface area contributed by atoms with Gasteiger partial charge in [-0.2, -0.15) is 0 Å². The normalized spacial score (nSPS) is 13.7. The van der Waals surface area contributed by atoms with Crippen molar-refractivity contribution in [3.63, 3.8) is 0 Å². The Hall–Kier alpha value is -0.830. The van der Waals surface area contributed by atoms with E-state index in [2.05, 4.69) is 11.9 Å². The second-order valence-corrected chi connectivity index (χ2v) is 3.87. The molecule has 1 unspecified atom stereocenters. The lowest BCUT2D eigenvalue weighted by Gasteiger charge is -2.29. The number of hydrogen-bond acceptors (Lipinski definition) is 2. The van der Waals surface area contributed by atoms with E-state index in [0.29, 0.717) is 6.54 Å². The van der Waals surface area contributed by atoms with Crippen LogP contribution in [0.2, 0.25) is 0 Å². The quantitative estimate of drug-likeness (QED) is 0.611. The second kappa shape index (κ2) is 4.26. The molecule has 0 aromatic rings. The van der Waals surface area contributed by atoms with Gasteiger partial charge in [-0.3, -0.25) is 4.79 Å². The molecule has 3 N–H and O–H groups in total. The SMILES string of the molecule is C=CC(=O)NC(CN)C(C)(C)C. The van der Waals surface area contributed by atoms with Crippen molar-refractivity contribution in [2.75, 3.05) is 6.54 Å². The molecule has 0 aromatic carbocycles. The number of nitrogens with two attached hydrogens (primary N) is 1. The molecule has 3 nitrogen and oxygen atoms in total. The largest absolute Gasteiger partial charge is 0.348 e. The number of amides is 1. The minimum Gasteiger partial charge on any atom is -0.348 e. The van der Waals surface area contributed by atoms with Gasteiger partial charge in [0, 0.05) is 12.6 Å². The Kier molecular flexibility index (Phi) is 3.96. The summed E-state index contributed by atoms with van der Waals surface area (Å²) in [5.41, 5.74) is 5.51. The van der Waals surface area contributed by atoms with Gasteiger partial charge in [-0.25, -0.2) is 0 Å². The van der Waals surface area contributed by atoms with Crippen LogP contribution in [-0.4, -0.2) is 18.5 Å². The molecule has 0 aliphatic carbocycles. The first-order valence-corrected chi connectivity index (χ1v) is 4.04. The molecular weight excluding hydrogens is 152 g/mol.